The summed E-state index contributed by atoms with van der Waals surface area (Å²) >= 11 is 0. The van der Waals surface area contributed by atoms with Gasteiger partial charge in [0.25, 0.3) is 0 Å². The Labute approximate surface area is 166 Å². The van der Waals surface area contributed by atoms with Crippen molar-refractivity contribution < 1.29 is 4.79 Å². The molecule has 0 spiro atoms. The molecule has 0 radical (unpaired) electrons. The van der Waals surface area contributed by atoms with Crippen molar-refractivity contribution in [2.24, 2.45) is 22.7 Å². The largest absolute Gasteiger partial charge is 0.355 e. The van der Waals surface area contributed by atoms with Gasteiger partial charge in [-0.25, -0.2) is 0 Å². The van der Waals surface area contributed by atoms with Crippen LogP contribution in [0, 0.1) is 17.8 Å². The van der Waals surface area contributed by atoms with Gasteiger partial charge in [0.1, 0.15) is 0 Å². The zero-order chi connectivity index (χ0) is 20.2. The van der Waals surface area contributed by atoms with E-state index in [0.29, 0.717) is 0 Å². The molecule has 3 atom stereocenters. The van der Waals surface area contributed by atoms with Gasteiger partial charge in [-0.2, -0.15) is 0 Å². The number of piperidine rings is 1. The van der Waals surface area contributed by atoms with Gasteiger partial charge in [0.05, 0.1) is 0 Å². The fourth-order valence-electron chi connectivity index (χ4n) is 4.40. The first-order valence-corrected chi connectivity index (χ1v) is 10.6. The number of likely N-dealkylation sites (tertiary alicyclic amines) is 2. The molecule has 2 fully saturated rings. The number of carbonyl (C=O) groups is 1. The SMILES string of the molecule is CN=C(NCC(C)(C)N1CC(C)CC(C)C1)NC1CCN(C(=O)C(C)C)C1. The predicted molar refractivity (Wildman–Crippen MR) is 113 cm³/mol. The minimum absolute atomic E-state index is 0.0660. The van der Waals surface area contributed by atoms with Crippen LogP contribution in [0.2, 0.25) is 0 Å². The summed E-state index contributed by atoms with van der Waals surface area (Å²) in [6.07, 6.45) is 2.31. The molecule has 2 aliphatic rings. The maximum atomic E-state index is 12.2. The summed E-state index contributed by atoms with van der Waals surface area (Å²) in [6, 6.07) is 0.275. The number of hydrogen-bond donors (Lipinski definition) is 2. The Bertz CT molecular complexity index is 521. The highest BCUT2D eigenvalue weighted by Gasteiger charge is 2.33. The van der Waals surface area contributed by atoms with Crippen LogP contribution in [0.25, 0.3) is 0 Å². The van der Waals surface area contributed by atoms with Gasteiger partial charge in [0.2, 0.25) is 5.91 Å². The number of rotatable bonds is 5. The zero-order valence-electron chi connectivity index (χ0n) is 18.5. The molecular weight excluding hydrogens is 338 g/mol. The molecule has 2 saturated heterocycles. The Kier molecular flexibility index (Phi) is 7.55. The maximum Gasteiger partial charge on any atom is 0.225 e. The molecule has 2 heterocycles. The van der Waals surface area contributed by atoms with Crippen molar-refractivity contribution >= 4 is 11.9 Å². The van der Waals surface area contributed by atoms with Gasteiger partial charge in [-0.05, 0) is 38.5 Å². The lowest BCUT2D eigenvalue weighted by Gasteiger charge is -2.45. The third-order valence-corrected chi connectivity index (χ3v) is 5.97. The van der Waals surface area contributed by atoms with Crippen molar-refractivity contribution in [1.29, 1.82) is 0 Å². The molecule has 2 rings (SSSR count). The molecule has 156 valence electrons. The van der Waals surface area contributed by atoms with E-state index in [-0.39, 0.29) is 23.4 Å². The van der Waals surface area contributed by atoms with Crippen molar-refractivity contribution in [1.82, 2.24) is 20.4 Å². The lowest BCUT2D eigenvalue weighted by atomic mass is 9.88. The lowest BCUT2D eigenvalue weighted by molar-refractivity contribution is -0.133. The van der Waals surface area contributed by atoms with Crippen molar-refractivity contribution in [2.45, 2.75) is 66.0 Å². The van der Waals surface area contributed by atoms with E-state index in [1.54, 1.807) is 0 Å². The summed E-state index contributed by atoms with van der Waals surface area (Å²) in [6.45, 7) is 18.1. The van der Waals surface area contributed by atoms with E-state index >= 15 is 0 Å². The molecule has 2 N–H and O–H groups in total. The molecule has 6 nitrogen and oxygen atoms in total. The van der Waals surface area contributed by atoms with Gasteiger partial charge in [-0.1, -0.05) is 27.7 Å². The fraction of sp³-hybridized carbons (Fsp3) is 0.905. The van der Waals surface area contributed by atoms with E-state index in [4.69, 9.17) is 0 Å². The van der Waals surface area contributed by atoms with Crippen LogP contribution >= 0.6 is 0 Å². The summed E-state index contributed by atoms with van der Waals surface area (Å²) in [7, 11) is 1.82. The van der Waals surface area contributed by atoms with Crippen molar-refractivity contribution in [3.05, 3.63) is 0 Å². The first kappa shape index (κ1) is 22.0. The molecule has 0 aliphatic carbocycles. The monoisotopic (exact) mass is 379 g/mol. The maximum absolute atomic E-state index is 12.2. The lowest BCUT2D eigenvalue weighted by Crippen LogP contribution is -2.57. The summed E-state index contributed by atoms with van der Waals surface area (Å²) in [5, 5.41) is 7.03. The average molecular weight is 380 g/mol. The second kappa shape index (κ2) is 9.26. The Morgan fingerprint density at radius 1 is 1.19 bits per heavy atom. The number of nitrogens with one attached hydrogen (secondary N) is 2. The summed E-state index contributed by atoms with van der Waals surface area (Å²) in [5.74, 6) is 2.67. The molecule has 27 heavy (non-hydrogen) atoms. The van der Waals surface area contributed by atoms with Crippen molar-refractivity contribution in [2.75, 3.05) is 39.8 Å². The third-order valence-electron chi connectivity index (χ3n) is 5.97. The predicted octanol–water partition coefficient (Wildman–Crippen LogP) is 2.16. The van der Waals surface area contributed by atoms with Gasteiger partial charge < -0.3 is 15.5 Å². The minimum Gasteiger partial charge on any atom is -0.355 e. The fourth-order valence-corrected chi connectivity index (χ4v) is 4.40. The smallest absolute Gasteiger partial charge is 0.225 e. The first-order chi connectivity index (χ1) is 12.6. The average Bonchev–Trinajstić information content (AvgIpc) is 3.05. The van der Waals surface area contributed by atoms with Crippen LogP contribution in [0.5, 0.6) is 0 Å². The van der Waals surface area contributed by atoms with Crippen LogP contribution in [-0.4, -0.2) is 73.0 Å². The molecule has 0 saturated carbocycles. The zero-order valence-corrected chi connectivity index (χ0v) is 18.5. The highest BCUT2D eigenvalue weighted by atomic mass is 16.2. The molecule has 0 bridgehead atoms. The van der Waals surface area contributed by atoms with Crippen LogP contribution in [0.1, 0.15) is 54.4 Å². The Morgan fingerprint density at radius 3 is 2.37 bits per heavy atom. The number of aliphatic imine (C=N–C) groups is 1. The number of guanidine groups is 1. The molecule has 1 amide bonds. The number of carbonyl (C=O) groups excluding carboxylic acids is 1. The summed E-state index contributed by atoms with van der Waals surface area (Å²) in [4.78, 5) is 21.2. The Hall–Kier alpha value is -1.30. The number of nitrogens with zero attached hydrogens (tertiary/aromatic N) is 3. The van der Waals surface area contributed by atoms with Gasteiger partial charge in [0.15, 0.2) is 5.96 Å². The molecule has 3 unspecified atom stereocenters. The molecule has 0 aromatic heterocycles. The van der Waals surface area contributed by atoms with Gasteiger partial charge in [-0.3, -0.25) is 14.7 Å². The Morgan fingerprint density at radius 2 is 1.81 bits per heavy atom. The van der Waals surface area contributed by atoms with E-state index < -0.39 is 0 Å². The third kappa shape index (κ3) is 6.09. The Balaban J connectivity index is 1.84. The topological polar surface area (TPSA) is 60.0 Å². The molecule has 6 heteroatoms. The van der Waals surface area contributed by atoms with Gasteiger partial charge in [0, 0.05) is 57.3 Å². The number of hydrogen-bond acceptors (Lipinski definition) is 3. The normalized spacial score (nSPS) is 27.9. The van der Waals surface area contributed by atoms with Crippen LogP contribution in [0.4, 0.5) is 0 Å². The van der Waals surface area contributed by atoms with Crippen LogP contribution in [0.3, 0.4) is 0 Å². The van der Waals surface area contributed by atoms with E-state index in [9.17, 15) is 4.79 Å². The highest BCUT2D eigenvalue weighted by Crippen LogP contribution is 2.26. The number of amides is 1. The van der Waals surface area contributed by atoms with Gasteiger partial charge >= 0.3 is 0 Å². The van der Waals surface area contributed by atoms with Crippen LogP contribution < -0.4 is 10.6 Å². The van der Waals surface area contributed by atoms with E-state index in [1.165, 1.54) is 19.5 Å². The van der Waals surface area contributed by atoms with E-state index in [0.717, 1.165) is 43.9 Å². The molecule has 0 aromatic rings. The van der Waals surface area contributed by atoms with Crippen molar-refractivity contribution in [3.8, 4) is 0 Å². The van der Waals surface area contributed by atoms with E-state index in [1.807, 2.05) is 25.8 Å². The summed E-state index contributed by atoms with van der Waals surface area (Å²) < 4.78 is 0. The quantitative estimate of drug-likeness (QED) is 0.568. The molecule has 0 aromatic carbocycles. The van der Waals surface area contributed by atoms with Gasteiger partial charge in [-0.15, -0.1) is 0 Å². The first-order valence-electron chi connectivity index (χ1n) is 10.6. The second-order valence-corrected chi connectivity index (χ2v) is 9.66. The minimum atomic E-state index is 0.0660. The standard InChI is InChI=1S/C21H41N5O/c1-15(2)19(27)25-9-8-18(13-25)24-20(22-7)23-14-21(5,6)26-11-16(3)10-17(4)12-26/h15-18H,8-14H2,1-7H3,(H2,22,23,24). The van der Waals surface area contributed by atoms with Crippen molar-refractivity contribution in [3.63, 3.8) is 0 Å². The highest BCUT2D eigenvalue weighted by molar-refractivity contribution is 5.81. The summed E-state index contributed by atoms with van der Waals surface area (Å²) in [5.41, 5.74) is 0.0792. The van der Waals surface area contributed by atoms with E-state index in [2.05, 4.69) is 48.2 Å². The van der Waals surface area contributed by atoms with Crippen LogP contribution in [-0.2, 0) is 4.79 Å². The molecule has 2 aliphatic heterocycles. The van der Waals surface area contributed by atoms with Crippen LogP contribution in [0.15, 0.2) is 4.99 Å². The second-order valence-electron chi connectivity index (χ2n) is 9.66. The molecular formula is C21H41N5O.